The number of hydrogen-bond donors (Lipinski definition) is 2. The van der Waals surface area contributed by atoms with Gasteiger partial charge in [-0.15, -0.1) is 0 Å². The van der Waals surface area contributed by atoms with Crippen molar-refractivity contribution in [2.24, 2.45) is 5.73 Å². The first-order chi connectivity index (χ1) is 4.22. The van der Waals surface area contributed by atoms with Crippen molar-refractivity contribution in [1.29, 1.82) is 0 Å². The van der Waals surface area contributed by atoms with Gasteiger partial charge in [-0.3, -0.25) is 4.89 Å². The van der Waals surface area contributed by atoms with E-state index in [0.717, 1.165) is 6.42 Å². The molecule has 4 heteroatoms. The van der Waals surface area contributed by atoms with E-state index < -0.39 is 12.0 Å². The maximum Gasteiger partial charge on any atom is 0.358 e. The number of nitrogens with two attached hydrogens (primary N) is 1. The predicted molar refractivity (Wildman–Crippen MR) is 31.6 cm³/mol. The summed E-state index contributed by atoms with van der Waals surface area (Å²) in [6.45, 7) is 1.89. The summed E-state index contributed by atoms with van der Waals surface area (Å²) in [7, 11) is 0. The molecule has 0 radical (unpaired) electrons. The van der Waals surface area contributed by atoms with Gasteiger partial charge in [0, 0.05) is 0 Å². The zero-order valence-corrected chi connectivity index (χ0v) is 5.33. The molecule has 0 spiro atoms. The Labute approximate surface area is 53.5 Å². The van der Waals surface area contributed by atoms with E-state index in [0.29, 0.717) is 6.42 Å². The molecule has 9 heavy (non-hydrogen) atoms. The minimum absolute atomic E-state index is 0.541. The highest BCUT2D eigenvalue weighted by Crippen LogP contribution is 1.93. The predicted octanol–water partition coefficient (Wildman–Crippen LogP) is 0.130. The van der Waals surface area contributed by atoms with Crippen molar-refractivity contribution in [1.82, 2.24) is 0 Å². The van der Waals surface area contributed by atoms with Crippen LogP contribution in [-0.4, -0.2) is 17.3 Å². The maximum atomic E-state index is 10.3. The second-order valence-electron chi connectivity index (χ2n) is 1.81. The van der Waals surface area contributed by atoms with Gasteiger partial charge in [-0.1, -0.05) is 13.3 Å². The maximum absolute atomic E-state index is 10.3. The topological polar surface area (TPSA) is 72.6 Å². The molecule has 54 valence electrons. The van der Waals surface area contributed by atoms with Crippen LogP contribution in [0, 0.1) is 0 Å². The molecule has 0 aromatic heterocycles. The van der Waals surface area contributed by atoms with E-state index in [9.17, 15) is 4.79 Å². The van der Waals surface area contributed by atoms with Crippen molar-refractivity contribution in [3.05, 3.63) is 0 Å². The van der Waals surface area contributed by atoms with Crippen LogP contribution in [0.5, 0.6) is 0 Å². The number of carbonyl (C=O) groups excluding carboxylic acids is 1. The molecule has 0 aliphatic rings. The first kappa shape index (κ1) is 8.39. The number of rotatable bonds is 3. The highest BCUT2D eigenvalue weighted by molar-refractivity contribution is 5.74. The molecule has 0 heterocycles. The molecule has 0 saturated heterocycles. The van der Waals surface area contributed by atoms with Gasteiger partial charge < -0.3 is 5.73 Å². The third kappa shape index (κ3) is 3.05. The monoisotopic (exact) mass is 133 g/mol. The van der Waals surface area contributed by atoms with Crippen LogP contribution >= 0.6 is 0 Å². The van der Waals surface area contributed by atoms with Crippen molar-refractivity contribution >= 4 is 5.97 Å². The molecule has 0 bridgehead atoms. The van der Waals surface area contributed by atoms with Crippen LogP contribution in [0.4, 0.5) is 0 Å². The summed E-state index contributed by atoms with van der Waals surface area (Å²) in [5, 5.41) is 7.80. The van der Waals surface area contributed by atoms with Gasteiger partial charge in [0.2, 0.25) is 0 Å². The Bertz CT molecular complexity index is 94.2. The molecule has 0 unspecified atom stereocenters. The molecule has 0 aliphatic carbocycles. The summed E-state index contributed by atoms with van der Waals surface area (Å²) in [4.78, 5) is 13.7. The molecule has 0 rings (SSSR count). The first-order valence-corrected chi connectivity index (χ1v) is 2.83. The van der Waals surface area contributed by atoms with Crippen LogP contribution in [0.1, 0.15) is 19.8 Å². The van der Waals surface area contributed by atoms with Crippen molar-refractivity contribution in [3.8, 4) is 0 Å². The van der Waals surface area contributed by atoms with Crippen LogP contribution in [0.25, 0.3) is 0 Å². The third-order valence-corrected chi connectivity index (χ3v) is 0.992. The van der Waals surface area contributed by atoms with E-state index in [1.54, 1.807) is 0 Å². The Morgan fingerprint density at radius 3 is 2.78 bits per heavy atom. The normalized spacial score (nSPS) is 12.8. The van der Waals surface area contributed by atoms with Gasteiger partial charge in [0.1, 0.15) is 6.04 Å². The summed E-state index contributed by atoms with van der Waals surface area (Å²) in [6.07, 6.45) is 1.34. The van der Waals surface area contributed by atoms with E-state index >= 15 is 0 Å². The summed E-state index contributed by atoms with van der Waals surface area (Å²) in [5.74, 6) is -0.767. The van der Waals surface area contributed by atoms with Crippen LogP contribution in [0.2, 0.25) is 0 Å². The average Bonchev–Trinajstić information content (AvgIpc) is 1.87. The van der Waals surface area contributed by atoms with Gasteiger partial charge in [0.15, 0.2) is 0 Å². The SMILES string of the molecule is CCC[C@H](N)C(=O)OO. The Balaban J connectivity index is 3.45. The van der Waals surface area contributed by atoms with Gasteiger partial charge >= 0.3 is 5.97 Å². The second kappa shape index (κ2) is 4.29. The summed E-state index contributed by atoms with van der Waals surface area (Å²) < 4.78 is 0. The largest absolute Gasteiger partial charge is 0.358 e. The highest BCUT2D eigenvalue weighted by Gasteiger charge is 2.12. The van der Waals surface area contributed by atoms with Crippen molar-refractivity contribution in [3.63, 3.8) is 0 Å². The van der Waals surface area contributed by atoms with Crippen LogP contribution < -0.4 is 5.73 Å². The Kier molecular flexibility index (Phi) is 4.00. The minimum atomic E-state index is -0.767. The molecule has 0 amide bonds. The van der Waals surface area contributed by atoms with Crippen molar-refractivity contribution in [2.45, 2.75) is 25.8 Å². The molecule has 0 aromatic carbocycles. The fraction of sp³-hybridized carbons (Fsp3) is 0.800. The number of hydrogen-bond acceptors (Lipinski definition) is 4. The minimum Gasteiger partial charge on any atom is -0.318 e. The molecule has 3 N–H and O–H groups in total. The summed E-state index contributed by atoms with van der Waals surface area (Å²) in [6, 6.07) is -0.681. The summed E-state index contributed by atoms with van der Waals surface area (Å²) in [5.41, 5.74) is 5.20. The summed E-state index contributed by atoms with van der Waals surface area (Å²) >= 11 is 0. The van der Waals surface area contributed by atoms with Gasteiger partial charge in [-0.2, -0.15) is 5.26 Å². The van der Waals surface area contributed by atoms with Gasteiger partial charge in [0.05, 0.1) is 0 Å². The lowest BCUT2D eigenvalue weighted by Crippen LogP contribution is -2.31. The second-order valence-corrected chi connectivity index (χ2v) is 1.81. The van der Waals surface area contributed by atoms with E-state index in [4.69, 9.17) is 11.0 Å². The van der Waals surface area contributed by atoms with Gasteiger partial charge in [-0.25, -0.2) is 4.79 Å². The van der Waals surface area contributed by atoms with Gasteiger partial charge in [0.25, 0.3) is 0 Å². The molecule has 0 aliphatic heterocycles. The standard InChI is InChI=1S/C5H11NO3/c1-2-3-4(6)5(7)9-8/h4,8H,2-3,6H2,1H3/t4-/m0/s1. The molecule has 1 atom stereocenters. The van der Waals surface area contributed by atoms with Crippen LogP contribution in [-0.2, 0) is 9.68 Å². The zero-order chi connectivity index (χ0) is 7.28. The highest BCUT2D eigenvalue weighted by atomic mass is 17.1. The van der Waals surface area contributed by atoms with Crippen LogP contribution in [0.15, 0.2) is 0 Å². The average molecular weight is 133 g/mol. The molecular weight excluding hydrogens is 122 g/mol. The van der Waals surface area contributed by atoms with Crippen LogP contribution in [0.3, 0.4) is 0 Å². The molecule has 4 nitrogen and oxygen atoms in total. The molecule has 0 fully saturated rings. The number of carbonyl (C=O) groups is 1. The van der Waals surface area contributed by atoms with E-state index in [1.807, 2.05) is 6.92 Å². The van der Waals surface area contributed by atoms with Gasteiger partial charge in [-0.05, 0) is 6.42 Å². The van der Waals surface area contributed by atoms with Crippen molar-refractivity contribution < 1.29 is 14.9 Å². The smallest absolute Gasteiger partial charge is 0.318 e. The van der Waals surface area contributed by atoms with Crippen molar-refractivity contribution in [2.75, 3.05) is 0 Å². The lowest BCUT2D eigenvalue weighted by molar-refractivity contribution is -0.235. The fourth-order valence-corrected chi connectivity index (χ4v) is 0.497. The van der Waals surface area contributed by atoms with E-state index in [2.05, 4.69) is 4.89 Å². The molecular formula is C5H11NO3. The Morgan fingerprint density at radius 1 is 1.89 bits per heavy atom. The first-order valence-electron chi connectivity index (χ1n) is 2.83. The third-order valence-electron chi connectivity index (χ3n) is 0.992. The fourth-order valence-electron chi connectivity index (χ4n) is 0.497. The van der Waals surface area contributed by atoms with E-state index in [1.165, 1.54) is 0 Å². The Morgan fingerprint density at radius 2 is 2.44 bits per heavy atom. The zero-order valence-electron chi connectivity index (χ0n) is 5.33. The lowest BCUT2D eigenvalue weighted by atomic mass is 10.2. The van der Waals surface area contributed by atoms with E-state index in [-0.39, 0.29) is 0 Å². The molecule has 0 saturated carbocycles. The quantitative estimate of drug-likeness (QED) is 0.424. The Hall–Kier alpha value is -0.610. The lowest BCUT2D eigenvalue weighted by Gasteiger charge is -2.03. The molecule has 0 aromatic rings.